The molecule has 5 heteroatoms. The number of benzene rings is 1. The molecule has 0 saturated carbocycles. The van der Waals surface area contributed by atoms with Crippen molar-refractivity contribution in [2.24, 2.45) is 5.73 Å². The molecule has 0 fully saturated rings. The SMILES string of the molecule is CC(N)C(CC(=O)O)c1ccc(F)c(F)c1. The van der Waals surface area contributed by atoms with E-state index in [1.165, 1.54) is 6.07 Å². The van der Waals surface area contributed by atoms with Crippen molar-refractivity contribution in [1.29, 1.82) is 0 Å². The van der Waals surface area contributed by atoms with Gasteiger partial charge >= 0.3 is 5.97 Å². The molecule has 0 aliphatic heterocycles. The molecular weight excluding hydrogens is 216 g/mol. The zero-order valence-corrected chi connectivity index (χ0v) is 8.78. The predicted molar refractivity (Wildman–Crippen MR) is 55.0 cm³/mol. The standard InChI is InChI=1S/C11H13F2NO2/c1-6(14)8(5-11(15)16)7-2-3-9(12)10(13)4-7/h2-4,6,8H,5,14H2,1H3,(H,15,16). The first-order valence-corrected chi connectivity index (χ1v) is 4.84. The summed E-state index contributed by atoms with van der Waals surface area (Å²) in [6, 6.07) is 2.88. The van der Waals surface area contributed by atoms with Crippen LogP contribution in [0.5, 0.6) is 0 Å². The molecule has 0 spiro atoms. The van der Waals surface area contributed by atoms with E-state index in [-0.39, 0.29) is 6.42 Å². The van der Waals surface area contributed by atoms with Crippen molar-refractivity contribution in [3.05, 3.63) is 35.4 Å². The van der Waals surface area contributed by atoms with Gasteiger partial charge in [-0.25, -0.2) is 8.78 Å². The highest BCUT2D eigenvalue weighted by molar-refractivity contribution is 5.68. The third-order valence-corrected chi connectivity index (χ3v) is 2.40. The number of aliphatic carboxylic acids is 1. The first-order valence-electron chi connectivity index (χ1n) is 4.84. The minimum absolute atomic E-state index is 0.206. The Kier molecular flexibility index (Phi) is 3.95. The second kappa shape index (κ2) is 5.03. The highest BCUT2D eigenvalue weighted by Gasteiger charge is 2.20. The molecule has 16 heavy (non-hydrogen) atoms. The van der Waals surface area contributed by atoms with Gasteiger partial charge in [-0.3, -0.25) is 4.79 Å². The lowest BCUT2D eigenvalue weighted by Crippen LogP contribution is -2.27. The van der Waals surface area contributed by atoms with Gasteiger partial charge in [0.15, 0.2) is 11.6 Å². The molecule has 3 nitrogen and oxygen atoms in total. The largest absolute Gasteiger partial charge is 0.481 e. The molecule has 1 rings (SSSR count). The van der Waals surface area contributed by atoms with Gasteiger partial charge in [0, 0.05) is 12.0 Å². The van der Waals surface area contributed by atoms with Crippen LogP contribution in [0.15, 0.2) is 18.2 Å². The fourth-order valence-electron chi connectivity index (χ4n) is 1.54. The third-order valence-electron chi connectivity index (χ3n) is 2.40. The average Bonchev–Trinajstić information content (AvgIpc) is 2.18. The van der Waals surface area contributed by atoms with Gasteiger partial charge in [-0.05, 0) is 24.6 Å². The van der Waals surface area contributed by atoms with Crippen LogP contribution in [0, 0.1) is 11.6 Å². The second-order valence-electron chi connectivity index (χ2n) is 3.74. The van der Waals surface area contributed by atoms with Crippen LogP contribution in [0.3, 0.4) is 0 Å². The number of halogens is 2. The molecule has 1 aromatic carbocycles. The minimum atomic E-state index is -1.02. The van der Waals surface area contributed by atoms with Gasteiger partial charge in [-0.15, -0.1) is 0 Å². The topological polar surface area (TPSA) is 63.3 Å². The summed E-state index contributed by atoms with van der Waals surface area (Å²) in [4.78, 5) is 10.6. The monoisotopic (exact) mass is 229 g/mol. The number of carbonyl (C=O) groups is 1. The van der Waals surface area contributed by atoms with Crippen molar-refractivity contribution < 1.29 is 18.7 Å². The van der Waals surface area contributed by atoms with Crippen molar-refractivity contribution in [2.45, 2.75) is 25.3 Å². The lowest BCUT2D eigenvalue weighted by atomic mass is 9.90. The van der Waals surface area contributed by atoms with Crippen molar-refractivity contribution >= 4 is 5.97 Å². The number of carboxylic acids is 1. The summed E-state index contributed by atoms with van der Waals surface area (Å²) in [6.45, 7) is 1.63. The normalized spacial score (nSPS) is 14.5. The van der Waals surface area contributed by atoms with Crippen LogP contribution in [-0.4, -0.2) is 17.1 Å². The molecular formula is C11H13F2NO2. The van der Waals surface area contributed by atoms with Crippen LogP contribution in [0.25, 0.3) is 0 Å². The number of nitrogens with two attached hydrogens (primary N) is 1. The Morgan fingerprint density at radius 3 is 2.50 bits per heavy atom. The van der Waals surface area contributed by atoms with Gasteiger partial charge in [-0.2, -0.15) is 0 Å². The molecule has 2 atom stereocenters. The summed E-state index contributed by atoms with van der Waals surface area (Å²) in [7, 11) is 0. The molecule has 3 N–H and O–H groups in total. The predicted octanol–water partition coefficient (Wildman–Crippen LogP) is 1.87. The zero-order chi connectivity index (χ0) is 12.3. The molecule has 0 aromatic heterocycles. The molecule has 0 heterocycles. The van der Waals surface area contributed by atoms with E-state index in [0.717, 1.165) is 12.1 Å². The Morgan fingerprint density at radius 2 is 2.06 bits per heavy atom. The van der Waals surface area contributed by atoms with E-state index in [2.05, 4.69) is 0 Å². The van der Waals surface area contributed by atoms with Gasteiger partial charge in [0.25, 0.3) is 0 Å². The molecule has 0 aliphatic rings. The third kappa shape index (κ3) is 3.00. The number of carboxylic acid groups (broad SMARTS) is 1. The quantitative estimate of drug-likeness (QED) is 0.828. The van der Waals surface area contributed by atoms with Crippen molar-refractivity contribution in [2.75, 3.05) is 0 Å². The van der Waals surface area contributed by atoms with Gasteiger partial charge in [-0.1, -0.05) is 6.07 Å². The average molecular weight is 229 g/mol. The van der Waals surface area contributed by atoms with Crippen LogP contribution < -0.4 is 5.73 Å². The minimum Gasteiger partial charge on any atom is -0.481 e. The van der Waals surface area contributed by atoms with Crippen molar-refractivity contribution in [1.82, 2.24) is 0 Å². The Labute approximate surface area is 91.9 Å². The maximum atomic E-state index is 13.0. The molecule has 0 bridgehead atoms. The molecule has 0 aliphatic carbocycles. The zero-order valence-electron chi connectivity index (χ0n) is 8.78. The summed E-state index contributed by atoms with van der Waals surface area (Å²) in [5.74, 6) is -3.49. The number of rotatable bonds is 4. The van der Waals surface area contributed by atoms with Gasteiger partial charge in [0.05, 0.1) is 6.42 Å². The van der Waals surface area contributed by atoms with E-state index in [4.69, 9.17) is 10.8 Å². The van der Waals surface area contributed by atoms with Crippen LogP contribution in [-0.2, 0) is 4.79 Å². The Bertz CT molecular complexity index is 394. The maximum absolute atomic E-state index is 13.0. The Balaban J connectivity index is 3.01. The summed E-state index contributed by atoms with van der Waals surface area (Å²) < 4.78 is 25.7. The molecule has 2 unspecified atom stereocenters. The molecule has 0 amide bonds. The van der Waals surface area contributed by atoms with E-state index in [0.29, 0.717) is 5.56 Å². The van der Waals surface area contributed by atoms with E-state index in [1.54, 1.807) is 6.92 Å². The molecule has 88 valence electrons. The highest BCUT2D eigenvalue weighted by atomic mass is 19.2. The van der Waals surface area contributed by atoms with Crippen LogP contribution in [0.1, 0.15) is 24.8 Å². The van der Waals surface area contributed by atoms with Crippen molar-refractivity contribution in [3.63, 3.8) is 0 Å². The summed E-state index contributed by atoms with van der Waals surface area (Å²) in [6.07, 6.45) is -0.206. The van der Waals surface area contributed by atoms with Crippen LogP contribution in [0.2, 0.25) is 0 Å². The molecule has 0 radical (unpaired) electrons. The van der Waals surface area contributed by atoms with Gasteiger partial charge in [0.2, 0.25) is 0 Å². The van der Waals surface area contributed by atoms with Crippen molar-refractivity contribution in [3.8, 4) is 0 Å². The van der Waals surface area contributed by atoms with Gasteiger partial charge < -0.3 is 10.8 Å². The lowest BCUT2D eigenvalue weighted by Gasteiger charge is -2.19. The first-order chi connectivity index (χ1) is 7.41. The van der Waals surface area contributed by atoms with E-state index < -0.39 is 29.6 Å². The Morgan fingerprint density at radius 1 is 1.44 bits per heavy atom. The first kappa shape index (κ1) is 12.6. The van der Waals surface area contributed by atoms with Crippen LogP contribution >= 0.6 is 0 Å². The fourth-order valence-corrected chi connectivity index (χ4v) is 1.54. The molecule has 0 saturated heterocycles. The van der Waals surface area contributed by atoms with E-state index >= 15 is 0 Å². The summed E-state index contributed by atoms with van der Waals surface area (Å²) in [5.41, 5.74) is 6.02. The number of hydrogen-bond acceptors (Lipinski definition) is 2. The van der Waals surface area contributed by atoms with E-state index in [1.807, 2.05) is 0 Å². The summed E-state index contributed by atoms with van der Waals surface area (Å²) >= 11 is 0. The maximum Gasteiger partial charge on any atom is 0.304 e. The van der Waals surface area contributed by atoms with E-state index in [9.17, 15) is 13.6 Å². The second-order valence-corrected chi connectivity index (χ2v) is 3.74. The fraction of sp³-hybridized carbons (Fsp3) is 0.364. The van der Waals surface area contributed by atoms with Crippen LogP contribution in [0.4, 0.5) is 8.78 Å². The lowest BCUT2D eigenvalue weighted by molar-refractivity contribution is -0.137. The van der Waals surface area contributed by atoms with Gasteiger partial charge in [0.1, 0.15) is 0 Å². The Hall–Kier alpha value is -1.49. The molecule has 1 aromatic rings. The number of hydrogen-bond donors (Lipinski definition) is 2. The smallest absolute Gasteiger partial charge is 0.304 e. The summed E-state index contributed by atoms with van der Waals surface area (Å²) in [5, 5.41) is 8.69. The highest BCUT2D eigenvalue weighted by Crippen LogP contribution is 2.24.